The molecule has 30 heavy (non-hydrogen) atoms. The standard InChI is InChI=1S/C29H25B/c1-30-19-14-10-4-9-12-15-11-7-2-5-6-3-8-13-16-17-18(19)23(14)22(9,10)26(12)27(17,23)29(16)25(13)21(6,8)20(5,7)24(11,25)28(15,26)29/h5-19,30H,2-4H2,1H3. The first-order valence-electron chi connectivity index (χ1n) is 14.9. The summed E-state index contributed by atoms with van der Waals surface area (Å²) in [6, 6.07) is 0. The van der Waals surface area contributed by atoms with Crippen molar-refractivity contribution in [1.82, 2.24) is 0 Å². The highest BCUT2D eigenvalue weighted by molar-refractivity contribution is 6.37. The lowest BCUT2D eigenvalue weighted by atomic mass is 8.54. The van der Waals surface area contributed by atoms with Gasteiger partial charge in [-0.05, 0) is 156 Å². The Morgan fingerprint density at radius 1 is 0.433 bits per heavy atom. The molecule has 0 aromatic carbocycles. The highest BCUT2D eigenvalue weighted by atomic mass is 15.5. The Hall–Kier alpha value is 0.0649. The third-order valence-corrected chi connectivity index (χ3v) is 23.0. The smallest absolute Gasteiger partial charge is 0.0891 e. The maximum absolute atomic E-state index is 2.61. The van der Waals surface area contributed by atoms with Gasteiger partial charge >= 0.3 is 0 Å². The fourth-order valence-electron chi connectivity index (χ4n) is 27.7. The van der Waals surface area contributed by atoms with E-state index in [1.54, 1.807) is 26.5 Å². The van der Waals surface area contributed by atoms with Crippen molar-refractivity contribution in [3.63, 3.8) is 0 Å². The molecule has 0 aromatic rings. The lowest BCUT2D eigenvalue weighted by molar-refractivity contribution is -1.03. The number of rotatable bonds is 1. The van der Waals surface area contributed by atoms with Gasteiger partial charge in [0.15, 0.2) is 0 Å². The van der Waals surface area contributed by atoms with Crippen LogP contribution in [0.15, 0.2) is 0 Å². The molecule has 0 nitrogen and oxygen atoms in total. The molecule has 0 heterocycles. The summed E-state index contributed by atoms with van der Waals surface area (Å²) in [5.41, 5.74) is 11.0. The fraction of sp³-hybridized carbons (Fsp3) is 1.00. The van der Waals surface area contributed by atoms with E-state index in [2.05, 4.69) is 6.82 Å². The van der Waals surface area contributed by atoms with Gasteiger partial charge in [-0.2, -0.15) is 0 Å². The van der Waals surface area contributed by atoms with Crippen molar-refractivity contribution in [3.8, 4) is 0 Å². The summed E-state index contributed by atoms with van der Waals surface area (Å²) in [6.45, 7) is 2.61. The summed E-state index contributed by atoms with van der Waals surface area (Å²) >= 11 is 0. The molecule has 25 atom stereocenters. The van der Waals surface area contributed by atoms with Crippen LogP contribution in [0.5, 0.6) is 0 Å². The van der Waals surface area contributed by atoms with E-state index in [1.165, 1.54) is 88.7 Å². The van der Waals surface area contributed by atoms with Crippen molar-refractivity contribution in [2.75, 3.05) is 0 Å². The molecule has 18 fully saturated rings. The zero-order chi connectivity index (χ0) is 17.5. The number of hydrogen-bond donors (Lipinski definition) is 0. The molecule has 0 radical (unpaired) electrons. The SMILES string of the molecule is CBC1C2C3CC4C5C6C7C8CC9C%10CC%11C%12C%13C%14C1C21C34C52C%141C%131C%123C%10%11C98C73C621. The molecule has 18 rings (SSSR count). The van der Waals surface area contributed by atoms with Gasteiger partial charge in [-0.1, -0.05) is 12.6 Å². The summed E-state index contributed by atoms with van der Waals surface area (Å²) in [4.78, 5) is 0. The quantitative estimate of drug-likeness (QED) is 0.610. The van der Waals surface area contributed by atoms with Gasteiger partial charge in [-0.15, -0.1) is 0 Å². The van der Waals surface area contributed by atoms with E-state index >= 15 is 0 Å². The first-order chi connectivity index (χ1) is 14.9. The fourth-order valence-corrected chi connectivity index (χ4v) is 27.7. The molecular formula is C29H25B. The molecule has 144 valence electrons. The van der Waals surface area contributed by atoms with Crippen LogP contribution in [0, 0.1) is 137 Å². The van der Waals surface area contributed by atoms with Crippen LogP contribution in [-0.4, -0.2) is 7.28 Å². The van der Waals surface area contributed by atoms with Gasteiger partial charge in [0, 0.05) is 0 Å². The van der Waals surface area contributed by atoms with E-state index in [4.69, 9.17) is 0 Å². The van der Waals surface area contributed by atoms with Crippen LogP contribution < -0.4 is 0 Å². The van der Waals surface area contributed by atoms with E-state index in [1.807, 2.05) is 0 Å². The minimum absolute atomic E-state index is 1.07. The molecule has 0 aliphatic heterocycles. The molecule has 1 heteroatoms. The summed E-state index contributed by atoms with van der Waals surface area (Å²) in [5.74, 6) is 20.0. The molecule has 18 aliphatic rings. The molecule has 0 saturated heterocycles. The van der Waals surface area contributed by atoms with Crippen molar-refractivity contribution in [2.45, 2.75) is 31.9 Å². The van der Waals surface area contributed by atoms with Gasteiger partial charge < -0.3 is 0 Å². The Morgan fingerprint density at radius 3 is 1.47 bits per heavy atom. The van der Waals surface area contributed by atoms with E-state index in [0.717, 1.165) is 54.1 Å². The first kappa shape index (κ1) is 11.5. The highest BCUT2D eigenvalue weighted by Gasteiger charge is 3.47. The van der Waals surface area contributed by atoms with Crippen LogP contribution in [0.4, 0.5) is 0 Å². The van der Waals surface area contributed by atoms with Crippen molar-refractivity contribution in [3.05, 3.63) is 0 Å². The summed E-state index contributed by atoms with van der Waals surface area (Å²) in [5, 5.41) is 0. The van der Waals surface area contributed by atoms with Gasteiger partial charge in [0.1, 0.15) is 7.28 Å². The van der Waals surface area contributed by atoms with Gasteiger partial charge in [-0.3, -0.25) is 0 Å². The van der Waals surface area contributed by atoms with Crippen LogP contribution in [0.1, 0.15) is 19.3 Å². The number of fused-ring (bicyclic) bond motifs is 10. The van der Waals surface area contributed by atoms with Crippen molar-refractivity contribution in [1.29, 1.82) is 0 Å². The molecule has 18 aliphatic carbocycles. The van der Waals surface area contributed by atoms with E-state index in [-0.39, 0.29) is 0 Å². The van der Waals surface area contributed by atoms with Crippen LogP contribution in [0.2, 0.25) is 12.6 Å². The number of hydrogen-bond acceptors (Lipinski definition) is 0. The monoisotopic (exact) mass is 384 g/mol. The Balaban J connectivity index is 1.08. The van der Waals surface area contributed by atoms with Crippen molar-refractivity contribution >= 4 is 7.28 Å². The van der Waals surface area contributed by atoms with Gasteiger partial charge in [0.2, 0.25) is 0 Å². The predicted octanol–water partition coefficient (Wildman–Crippen LogP) is 3.17. The average molecular weight is 384 g/mol. The van der Waals surface area contributed by atoms with Crippen molar-refractivity contribution in [2.24, 2.45) is 137 Å². The molecule has 0 amide bonds. The maximum Gasteiger partial charge on any atom is 0.121 e. The molecular weight excluding hydrogens is 359 g/mol. The average Bonchev–Trinajstić information content (AvgIpc) is 2.62. The second-order valence-corrected chi connectivity index (χ2v) is 17.9. The van der Waals surface area contributed by atoms with Gasteiger partial charge in [0.05, 0.1) is 0 Å². The summed E-state index contributed by atoms with van der Waals surface area (Å²) < 4.78 is 0. The predicted molar refractivity (Wildman–Crippen MR) is 104 cm³/mol. The highest BCUT2D eigenvalue weighted by Crippen LogP contribution is 3.49. The van der Waals surface area contributed by atoms with Crippen molar-refractivity contribution < 1.29 is 0 Å². The second kappa shape index (κ2) is 1.92. The third-order valence-electron chi connectivity index (χ3n) is 23.0. The normalized spacial score (nSPS) is 121. The Labute approximate surface area is 176 Å². The Morgan fingerprint density at radius 2 is 0.867 bits per heavy atom. The molecule has 18 saturated carbocycles. The topological polar surface area (TPSA) is 0 Å². The minimum Gasteiger partial charge on any atom is -0.0891 e. The molecule has 0 N–H and O–H groups in total. The maximum atomic E-state index is 2.61. The lowest BCUT2D eigenvalue weighted by Gasteiger charge is -3.48. The zero-order valence-electron chi connectivity index (χ0n) is 17.5. The lowest BCUT2D eigenvalue weighted by Crippen LogP contribution is -3.46. The van der Waals surface area contributed by atoms with Crippen LogP contribution in [0.3, 0.4) is 0 Å². The van der Waals surface area contributed by atoms with Crippen LogP contribution >= 0.6 is 0 Å². The van der Waals surface area contributed by atoms with Gasteiger partial charge in [-0.25, -0.2) is 0 Å². The van der Waals surface area contributed by atoms with E-state index in [0.29, 0.717) is 0 Å². The second-order valence-electron chi connectivity index (χ2n) is 17.9. The van der Waals surface area contributed by atoms with E-state index < -0.39 is 0 Å². The third kappa shape index (κ3) is 0.297. The Bertz CT molecular complexity index is 1480. The molecule has 25 unspecified atom stereocenters. The van der Waals surface area contributed by atoms with Crippen LogP contribution in [0.25, 0.3) is 0 Å². The zero-order valence-corrected chi connectivity index (χ0v) is 17.5. The van der Waals surface area contributed by atoms with E-state index in [9.17, 15) is 0 Å². The summed E-state index contributed by atoms with van der Waals surface area (Å²) in [6.07, 6.45) is 5.31. The molecule has 10 spiro atoms. The van der Waals surface area contributed by atoms with Crippen LogP contribution in [-0.2, 0) is 0 Å². The largest absolute Gasteiger partial charge is 0.121 e. The Kier molecular flexibility index (Phi) is 0.736. The molecule has 0 aromatic heterocycles. The first-order valence-corrected chi connectivity index (χ1v) is 14.9. The van der Waals surface area contributed by atoms with Gasteiger partial charge in [0.25, 0.3) is 0 Å². The molecule has 0 bridgehead atoms. The minimum atomic E-state index is 1.07. The summed E-state index contributed by atoms with van der Waals surface area (Å²) in [7, 11) is 1.58.